The summed E-state index contributed by atoms with van der Waals surface area (Å²) >= 11 is 5.36. The molecule has 0 spiro atoms. The maximum atomic E-state index is 14.1. The second-order valence-corrected chi connectivity index (χ2v) is 7.37. The molecule has 0 saturated heterocycles. The zero-order chi connectivity index (χ0) is 20.4. The normalized spacial score (nSPS) is 18.6. The van der Waals surface area contributed by atoms with E-state index in [-0.39, 0.29) is 18.2 Å². The van der Waals surface area contributed by atoms with Crippen molar-refractivity contribution in [1.29, 1.82) is 0 Å². The number of carbonyl (C=O) groups excluding carboxylic acids is 1. The number of ether oxygens (including phenoxy) is 2. The number of para-hydroxylation sites is 1. The van der Waals surface area contributed by atoms with Gasteiger partial charge in [0.2, 0.25) is 0 Å². The molecule has 150 valence electrons. The maximum absolute atomic E-state index is 14.1. The minimum atomic E-state index is -0.447. The number of benzene rings is 2. The number of halogens is 1. The number of carbonyl (C=O) groups is 1. The number of hydrogen-bond donors (Lipinski definition) is 2. The highest BCUT2D eigenvalue weighted by atomic mass is 32.1. The molecule has 2 aromatic rings. The third-order valence-corrected chi connectivity index (χ3v) is 5.37. The van der Waals surface area contributed by atoms with E-state index in [1.165, 1.54) is 6.07 Å². The lowest BCUT2D eigenvalue weighted by Crippen LogP contribution is -2.46. The number of rotatable bonds is 5. The van der Waals surface area contributed by atoms with Gasteiger partial charge in [-0.25, -0.2) is 4.39 Å². The van der Waals surface area contributed by atoms with Gasteiger partial charge in [0.15, 0.2) is 22.4 Å². The molecule has 0 bridgehead atoms. The quantitative estimate of drug-likeness (QED) is 0.726. The number of nitrogens with one attached hydrogen (secondary N) is 2. The first-order chi connectivity index (χ1) is 14.1. The number of hydrogen-bond acceptors (Lipinski definition) is 4. The molecule has 1 aliphatic carbocycles. The van der Waals surface area contributed by atoms with Gasteiger partial charge in [-0.1, -0.05) is 30.3 Å². The van der Waals surface area contributed by atoms with Crippen molar-refractivity contribution in [2.24, 2.45) is 0 Å². The molecular weight excluding hydrogens is 391 g/mol. The Bertz CT molecular complexity index is 1010. The Hall–Kier alpha value is -2.93. The van der Waals surface area contributed by atoms with Gasteiger partial charge >= 0.3 is 0 Å². The molecule has 2 N–H and O–H groups in total. The lowest BCUT2D eigenvalue weighted by atomic mass is 9.85. The fourth-order valence-electron chi connectivity index (χ4n) is 3.78. The van der Waals surface area contributed by atoms with Gasteiger partial charge in [0.25, 0.3) is 0 Å². The predicted octanol–water partition coefficient (Wildman–Crippen LogP) is 3.94. The molecule has 1 heterocycles. The van der Waals surface area contributed by atoms with E-state index in [0.717, 1.165) is 24.1 Å². The summed E-state index contributed by atoms with van der Waals surface area (Å²) in [5.74, 6) is 0.723. The molecular formula is C22H21FN2O3S. The van der Waals surface area contributed by atoms with Gasteiger partial charge in [0.1, 0.15) is 12.4 Å². The van der Waals surface area contributed by atoms with Crippen LogP contribution < -0.4 is 20.1 Å². The van der Waals surface area contributed by atoms with E-state index in [9.17, 15) is 9.18 Å². The Kier molecular flexibility index (Phi) is 5.49. The van der Waals surface area contributed by atoms with E-state index >= 15 is 0 Å². The molecule has 4 rings (SSSR count). The monoisotopic (exact) mass is 412 g/mol. The van der Waals surface area contributed by atoms with E-state index in [1.54, 1.807) is 31.4 Å². The third-order valence-electron chi connectivity index (χ3n) is 5.15. The molecule has 7 heteroatoms. The van der Waals surface area contributed by atoms with Gasteiger partial charge in [0.05, 0.1) is 13.2 Å². The molecule has 2 aliphatic rings. The van der Waals surface area contributed by atoms with Crippen LogP contribution in [0.5, 0.6) is 11.5 Å². The largest absolute Gasteiger partial charge is 0.493 e. The minimum absolute atomic E-state index is 0.0370. The minimum Gasteiger partial charge on any atom is -0.493 e. The number of methoxy groups -OCH3 is 1. The first-order valence-corrected chi connectivity index (χ1v) is 9.86. The summed E-state index contributed by atoms with van der Waals surface area (Å²) < 4.78 is 25.6. The fourth-order valence-corrected chi connectivity index (χ4v) is 4.02. The van der Waals surface area contributed by atoms with Crippen LogP contribution in [0.2, 0.25) is 0 Å². The van der Waals surface area contributed by atoms with Crippen LogP contribution in [0.1, 0.15) is 36.4 Å². The third kappa shape index (κ3) is 3.82. The van der Waals surface area contributed by atoms with E-state index in [4.69, 9.17) is 21.7 Å². The van der Waals surface area contributed by atoms with Crippen molar-refractivity contribution in [2.45, 2.75) is 31.9 Å². The second kappa shape index (κ2) is 8.21. The summed E-state index contributed by atoms with van der Waals surface area (Å²) in [6, 6.07) is 11.5. The summed E-state index contributed by atoms with van der Waals surface area (Å²) in [7, 11) is 1.55. The van der Waals surface area contributed by atoms with Crippen LogP contribution in [0.3, 0.4) is 0 Å². The molecule has 0 radical (unpaired) electrons. The van der Waals surface area contributed by atoms with Gasteiger partial charge in [-0.2, -0.15) is 0 Å². The Balaban J connectivity index is 1.74. The molecule has 0 aromatic heterocycles. The average molecular weight is 412 g/mol. The number of Topliss-reactive ketones (excluding diaryl/α,β-unsaturated/α-hetero) is 1. The van der Waals surface area contributed by atoms with Crippen LogP contribution in [-0.4, -0.2) is 18.0 Å². The predicted molar refractivity (Wildman–Crippen MR) is 111 cm³/mol. The van der Waals surface area contributed by atoms with Crippen LogP contribution in [0.25, 0.3) is 0 Å². The SMILES string of the molecule is COc1cccc(C2NC(=S)NC3=C2C(=O)CCC3)c1OCc1ccccc1F. The smallest absolute Gasteiger partial charge is 0.171 e. The van der Waals surface area contributed by atoms with Crippen molar-refractivity contribution < 1.29 is 18.7 Å². The lowest BCUT2D eigenvalue weighted by Gasteiger charge is -2.34. The number of allylic oxidation sites excluding steroid dienone is 1. The van der Waals surface area contributed by atoms with E-state index in [1.807, 2.05) is 12.1 Å². The van der Waals surface area contributed by atoms with Crippen LogP contribution in [-0.2, 0) is 11.4 Å². The molecule has 0 saturated carbocycles. The van der Waals surface area contributed by atoms with Crippen LogP contribution in [0.4, 0.5) is 4.39 Å². The molecule has 0 fully saturated rings. The van der Waals surface area contributed by atoms with E-state index in [2.05, 4.69) is 10.6 Å². The van der Waals surface area contributed by atoms with Gasteiger partial charge < -0.3 is 20.1 Å². The highest BCUT2D eigenvalue weighted by Crippen LogP contribution is 2.41. The van der Waals surface area contributed by atoms with Gasteiger partial charge in [-0.3, -0.25) is 4.79 Å². The van der Waals surface area contributed by atoms with Crippen LogP contribution in [0, 0.1) is 5.82 Å². The topological polar surface area (TPSA) is 59.6 Å². The standard InChI is InChI=1S/C22H21FN2O3S/c1-27-18-11-4-7-14(21(18)28-12-13-6-2-3-8-15(13)23)20-19-16(24-22(29)25-20)9-5-10-17(19)26/h2-4,6-8,11,20H,5,9-10,12H2,1H3,(H2,24,25,29). The maximum Gasteiger partial charge on any atom is 0.171 e. The lowest BCUT2D eigenvalue weighted by molar-refractivity contribution is -0.116. The first-order valence-electron chi connectivity index (χ1n) is 9.45. The van der Waals surface area contributed by atoms with Crippen LogP contribution in [0.15, 0.2) is 53.7 Å². The van der Waals surface area contributed by atoms with Gasteiger partial charge in [0, 0.05) is 28.8 Å². The average Bonchev–Trinajstić information content (AvgIpc) is 2.72. The van der Waals surface area contributed by atoms with Crippen molar-refractivity contribution in [3.05, 3.63) is 70.7 Å². The highest BCUT2D eigenvalue weighted by Gasteiger charge is 2.35. The molecule has 2 aromatic carbocycles. The van der Waals surface area contributed by atoms with Crippen molar-refractivity contribution in [1.82, 2.24) is 10.6 Å². The Labute approximate surface area is 173 Å². The summed E-state index contributed by atoms with van der Waals surface area (Å²) in [5.41, 5.74) is 2.70. The molecule has 29 heavy (non-hydrogen) atoms. The van der Waals surface area contributed by atoms with Crippen molar-refractivity contribution in [3.63, 3.8) is 0 Å². The summed E-state index contributed by atoms with van der Waals surface area (Å²) in [4.78, 5) is 12.7. The fraction of sp³-hybridized carbons (Fsp3) is 0.273. The second-order valence-electron chi connectivity index (χ2n) is 6.96. The van der Waals surface area contributed by atoms with Crippen molar-refractivity contribution in [2.75, 3.05) is 7.11 Å². The van der Waals surface area contributed by atoms with Gasteiger partial charge in [-0.05, 0) is 37.2 Å². The molecule has 0 amide bonds. The van der Waals surface area contributed by atoms with Crippen LogP contribution >= 0.6 is 12.2 Å². The molecule has 1 unspecified atom stereocenters. The zero-order valence-corrected chi connectivity index (χ0v) is 16.8. The van der Waals surface area contributed by atoms with E-state index < -0.39 is 6.04 Å². The number of ketones is 1. The van der Waals surface area contributed by atoms with E-state index in [0.29, 0.717) is 34.2 Å². The molecule has 1 atom stereocenters. The Morgan fingerprint density at radius 2 is 2.00 bits per heavy atom. The van der Waals surface area contributed by atoms with Crippen molar-refractivity contribution >= 4 is 23.1 Å². The summed E-state index contributed by atoms with van der Waals surface area (Å²) in [6.45, 7) is 0.0370. The molecule has 1 aliphatic heterocycles. The zero-order valence-electron chi connectivity index (χ0n) is 16.0. The summed E-state index contributed by atoms with van der Waals surface area (Å²) in [6.07, 6.45) is 2.07. The number of thiocarbonyl (C=S) groups is 1. The van der Waals surface area contributed by atoms with Crippen molar-refractivity contribution in [3.8, 4) is 11.5 Å². The highest BCUT2D eigenvalue weighted by molar-refractivity contribution is 7.80. The Morgan fingerprint density at radius 1 is 1.17 bits per heavy atom. The first kappa shape index (κ1) is 19.4. The molecule has 5 nitrogen and oxygen atoms in total. The summed E-state index contributed by atoms with van der Waals surface area (Å²) in [5, 5.41) is 6.78. The Morgan fingerprint density at radius 3 is 2.79 bits per heavy atom. The van der Waals surface area contributed by atoms with Gasteiger partial charge in [-0.15, -0.1) is 0 Å².